The normalized spacial score (nSPS) is 11.2. The molecule has 7 heteroatoms. The van der Waals surface area contributed by atoms with E-state index in [0.717, 1.165) is 9.17 Å². The molecule has 0 fully saturated rings. The molecule has 0 spiro atoms. The van der Waals surface area contributed by atoms with Crippen molar-refractivity contribution in [3.63, 3.8) is 0 Å². The predicted molar refractivity (Wildman–Crippen MR) is 104 cm³/mol. The Balaban J connectivity index is 2.01. The molecule has 3 rings (SSSR count). The van der Waals surface area contributed by atoms with Crippen LogP contribution in [0.4, 0.5) is 9.52 Å². The molecule has 0 atom stereocenters. The van der Waals surface area contributed by atoms with Crippen molar-refractivity contribution in [1.29, 1.82) is 0 Å². The van der Waals surface area contributed by atoms with Crippen LogP contribution in [0.2, 0.25) is 0 Å². The lowest BCUT2D eigenvalue weighted by molar-refractivity contribution is 0.0985. The predicted octanol–water partition coefficient (Wildman–Crippen LogP) is 4.41. The molecule has 1 amide bonds. The molecule has 1 aromatic heterocycles. The maximum atomic E-state index is 14.0. The molecule has 0 aliphatic heterocycles. The number of aromatic nitrogens is 1. The van der Waals surface area contributed by atoms with Crippen LogP contribution in [-0.4, -0.2) is 43.0 Å². The number of hydrogen-bond acceptors (Lipinski definition) is 4. The van der Waals surface area contributed by atoms with Gasteiger partial charge in [0.1, 0.15) is 11.3 Å². The van der Waals surface area contributed by atoms with Crippen molar-refractivity contribution >= 4 is 48.5 Å². The Labute approximate surface area is 158 Å². The van der Waals surface area contributed by atoms with E-state index >= 15 is 0 Å². The zero-order valence-corrected chi connectivity index (χ0v) is 16.3. The van der Waals surface area contributed by atoms with Gasteiger partial charge in [-0.05, 0) is 44.4 Å². The van der Waals surface area contributed by atoms with Crippen molar-refractivity contribution in [3.8, 4) is 0 Å². The minimum Gasteiger partial charge on any atom is -0.308 e. The Kier molecular flexibility index (Phi) is 5.46. The van der Waals surface area contributed by atoms with Gasteiger partial charge in [0.05, 0.1) is 4.70 Å². The van der Waals surface area contributed by atoms with E-state index in [9.17, 15) is 9.18 Å². The second kappa shape index (κ2) is 7.59. The number of benzene rings is 2. The van der Waals surface area contributed by atoms with E-state index in [1.54, 1.807) is 23.1 Å². The Morgan fingerprint density at radius 1 is 1.20 bits per heavy atom. The Morgan fingerprint density at radius 3 is 2.64 bits per heavy atom. The number of nitrogens with zero attached hydrogens (tertiary/aromatic N) is 3. The highest BCUT2D eigenvalue weighted by molar-refractivity contribution is 9.10. The van der Waals surface area contributed by atoms with Gasteiger partial charge in [-0.15, -0.1) is 0 Å². The number of carbonyl (C=O) groups excluding carboxylic acids is 1. The van der Waals surface area contributed by atoms with Crippen molar-refractivity contribution in [2.24, 2.45) is 0 Å². The van der Waals surface area contributed by atoms with Gasteiger partial charge in [0.15, 0.2) is 5.13 Å². The first-order chi connectivity index (χ1) is 12.0. The topological polar surface area (TPSA) is 36.4 Å². The molecule has 0 saturated heterocycles. The first-order valence-electron chi connectivity index (χ1n) is 7.73. The zero-order chi connectivity index (χ0) is 18.0. The second-order valence-corrected chi connectivity index (χ2v) is 7.78. The number of halogens is 2. The van der Waals surface area contributed by atoms with Gasteiger partial charge in [-0.2, -0.15) is 0 Å². The van der Waals surface area contributed by atoms with Crippen LogP contribution in [-0.2, 0) is 0 Å². The lowest BCUT2D eigenvalue weighted by atomic mass is 10.2. The molecule has 0 aliphatic carbocycles. The van der Waals surface area contributed by atoms with Crippen molar-refractivity contribution in [1.82, 2.24) is 9.88 Å². The average Bonchev–Trinajstić information content (AvgIpc) is 3.00. The molecule has 25 heavy (non-hydrogen) atoms. The van der Waals surface area contributed by atoms with Crippen molar-refractivity contribution < 1.29 is 9.18 Å². The van der Waals surface area contributed by atoms with E-state index in [-0.39, 0.29) is 11.7 Å². The summed E-state index contributed by atoms with van der Waals surface area (Å²) in [7, 11) is 3.89. The van der Waals surface area contributed by atoms with E-state index in [4.69, 9.17) is 0 Å². The highest BCUT2D eigenvalue weighted by Crippen LogP contribution is 2.31. The molecule has 0 saturated carbocycles. The molecule has 1 heterocycles. The lowest BCUT2D eigenvalue weighted by Gasteiger charge is -2.22. The number of thiazole rings is 1. The minimum absolute atomic E-state index is 0.150. The molecule has 0 N–H and O–H groups in total. The van der Waals surface area contributed by atoms with Crippen LogP contribution in [0.15, 0.2) is 46.9 Å². The maximum Gasteiger partial charge on any atom is 0.260 e. The largest absolute Gasteiger partial charge is 0.308 e. The fraction of sp³-hybridized carbons (Fsp3) is 0.222. The fourth-order valence-corrected chi connectivity index (χ4v) is 3.78. The van der Waals surface area contributed by atoms with Crippen LogP contribution in [0.5, 0.6) is 0 Å². The monoisotopic (exact) mass is 421 g/mol. The third kappa shape index (κ3) is 4.05. The Hall–Kier alpha value is -1.83. The molecule has 130 valence electrons. The molecule has 0 bridgehead atoms. The highest BCUT2D eigenvalue weighted by atomic mass is 79.9. The lowest BCUT2D eigenvalue weighted by Crippen LogP contribution is -2.36. The van der Waals surface area contributed by atoms with Crippen LogP contribution in [0, 0.1) is 5.82 Å². The van der Waals surface area contributed by atoms with Crippen LogP contribution in [0.1, 0.15) is 10.4 Å². The van der Waals surface area contributed by atoms with Gasteiger partial charge < -0.3 is 4.90 Å². The molecular weight excluding hydrogens is 405 g/mol. The summed E-state index contributed by atoms with van der Waals surface area (Å²) in [5.74, 6) is -0.523. The van der Waals surface area contributed by atoms with Gasteiger partial charge in [0, 0.05) is 23.1 Å². The number of amides is 1. The standard InChI is InChI=1S/C18H17BrFN3OS/c1-22(2)9-10-23(17(24)12-5-3-6-13(19)11-12)18-21-16-14(20)7-4-8-15(16)25-18/h3-8,11H,9-10H2,1-2H3. The number of hydrogen-bond donors (Lipinski definition) is 0. The highest BCUT2D eigenvalue weighted by Gasteiger charge is 2.22. The molecule has 0 radical (unpaired) electrons. The number of carbonyl (C=O) groups is 1. The minimum atomic E-state index is -0.373. The quantitative estimate of drug-likeness (QED) is 0.612. The van der Waals surface area contributed by atoms with Gasteiger partial charge in [0.2, 0.25) is 0 Å². The van der Waals surface area contributed by atoms with E-state index in [1.165, 1.54) is 17.4 Å². The molecule has 0 unspecified atom stereocenters. The van der Waals surface area contributed by atoms with Crippen LogP contribution >= 0.6 is 27.3 Å². The van der Waals surface area contributed by atoms with Gasteiger partial charge in [-0.25, -0.2) is 9.37 Å². The second-order valence-electron chi connectivity index (χ2n) is 5.85. The first kappa shape index (κ1) is 18.0. The fourth-order valence-electron chi connectivity index (χ4n) is 2.38. The summed E-state index contributed by atoms with van der Waals surface area (Å²) in [5, 5.41) is 0.506. The Morgan fingerprint density at radius 2 is 1.96 bits per heavy atom. The average molecular weight is 422 g/mol. The molecule has 3 aromatic rings. The number of likely N-dealkylation sites (N-methyl/N-ethyl adjacent to an activating group) is 1. The van der Waals surface area contributed by atoms with E-state index in [2.05, 4.69) is 20.9 Å². The summed E-state index contributed by atoms with van der Waals surface area (Å²) in [6, 6.07) is 12.1. The summed E-state index contributed by atoms with van der Waals surface area (Å²) < 4.78 is 15.5. The van der Waals surface area contributed by atoms with E-state index in [0.29, 0.717) is 29.3 Å². The van der Waals surface area contributed by atoms with E-state index in [1.807, 2.05) is 37.2 Å². The third-order valence-corrected chi connectivity index (χ3v) is 5.21. The number of rotatable bonds is 5. The zero-order valence-electron chi connectivity index (χ0n) is 13.9. The van der Waals surface area contributed by atoms with Crippen LogP contribution in [0.25, 0.3) is 10.2 Å². The van der Waals surface area contributed by atoms with Crippen molar-refractivity contribution in [2.45, 2.75) is 0 Å². The summed E-state index contributed by atoms with van der Waals surface area (Å²) >= 11 is 4.72. The number of para-hydroxylation sites is 1. The summed E-state index contributed by atoms with van der Waals surface area (Å²) in [5.41, 5.74) is 0.868. The third-order valence-electron chi connectivity index (χ3n) is 3.68. The van der Waals surface area contributed by atoms with Crippen LogP contribution in [0.3, 0.4) is 0 Å². The maximum absolute atomic E-state index is 14.0. The summed E-state index contributed by atoms with van der Waals surface area (Å²) in [6.45, 7) is 1.15. The number of fused-ring (bicyclic) bond motifs is 1. The summed E-state index contributed by atoms with van der Waals surface area (Å²) in [4.78, 5) is 21.0. The molecule has 2 aromatic carbocycles. The molecular formula is C18H17BrFN3OS. The van der Waals surface area contributed by atoms with Crippen molar-refractivity contribution in [3.05, 3.63) is 58.3 Å². The smallest absolute Gasteiger partial charge is 0.260 e. The number of anilines is 1. The molecule has 0 aliphatic rings. The van der Waals surface area contributed by atoms with Crippen LogP contribution < -0.4 is 4.90 Å². The summed E-state index contributed by atoms with van der Waals surface area (Å²) in [6.07, 6.45) is 0. The van der Waals surface area contributed by atoms with Crippen molar-refractivity contribution in [2.75, 3.05) is 32.1 Å². The molecule has 4 nitrogen and oxygen atoms in total. The van der Waals surface area contributed by atoms with Gasteiger partial charge in [-0.1, -0.05) is 39.4 Å². The van der Waals surface area contributed by atoms with Gasteiger partial charge >= 0.3 is 0 Å². The first-order valence-corrected chi connectivity index (χ1v) is 9.34. The van der Waals surface area contributed by atoms with Gasteiger partial charge in [-0.3, -0.25) is 9.69 Å². The van der Waals surface area contributed by atoms with E-state index < -0.39 is 0 Å². The van der Waals surface area contributed by atoms with Gasteiger partial charge in [0.25, 0.3) is 5.91 Å². The SMILES string of the molecule is CN(C)CCN(C(=O)c1cccc(Br)c1)c1nc2c(F)cccc2s1. The Bertz CT molecular complexity index is 912.